The molecule has 2 rings (SSSR count). The van der Waals surface area contributed by atoms with Crippen molar-refractivity contribution in [1.29, 1.82) is 0 Å². The van der Waals surface area contributed by atoms with Crippen LogP contribution < -0.4 is 0 Å². The molecule has 0 bridgehead atoms. The third-order valence-corrected chi connectivity index (χ3v) is 3.81. The maximum atomic E-state index is 11.4. The number of methoxy groups -OCH3 is 1. The molecule has 18 heavy (non-hydrogen) atoms. The zero-order valence-electron chi connectivity index (χ0n) is 11.1. The van der Waals surface area contributed by atoms with Gasteiger partial charge in [-0.3, -0.25) is 9.69 Å². The molecule has 0 atom stereocenters. The maximum Gasteiger partial charge on any atom is 0.308 e. The number of rotatable bonds is 4. The van der Waals surface area contributed by atoms with Crippen LogP contribution in [0.4, 0.5) is 0 Å². The quantitative estimate of drug-likeness (QED) is 0.704. The van der Waals surface area contributed by atoms with E-state index >= 15 is 0 Å². The first-order valence-electron chi connectivity index (χ1n) is 6.79. The van der Waals surface area contributed by atoms with Crippen LogP contribution >= 0.6 is 0 Å². The van der Waals surface area contributed by atoms with E-state index < -0.39 is 0 Å². The molecule has 0 N–H and O–H groups in total. The van der Waals surface area contributed by atoms with Crippen molar-refractivity contribution in [3.8, 4) is 0 Å². The lowest BCUT2D eigenvalue weighted by Gasteiger charge is -2.31. The lowest BCUT2D eigenvalue weighted by molar-refractivity contribution is -0.148. The first-order chi connectivity index (χ1) is 8.79. The van der Waals surface area contributed by atoms with E-state index in [9.17, 15) is 4.79 Å². The monoisotopic (exact) mass is 257 g/mol. The van der Waals surface area contributed by atoms with E-state index in [2.05, 4.69) is 4.90 Å². The molecule has 0 radical (unpaired) electrons. The molecule has 0 spiro atoms. The maximum absolute atomic E-state index is 11.4. The zero-order valence-corrected chi connectivity index (χ0v) is 11.1. The van der Waals surface area contributed by atoms with Gasteiger partial charge in [-0.15, -0.1) is 0 Å². The number of esters is 1. The summed E-state index contributed by atoms with van der Waals surface area (Å²) in [4.78, 5) is 13.7. The normalized spacial score (nSPS) is 30.1. The Labute approximate surface area is 108 Å². The average molecular weight is 257 g/mol. The lowest BCUT2D eigenvalue weighted by atomic mass is 9.87. The van der Waals surface area contributed by atoms with E-state index in [-0.39, 0.29) is 11.9 Å². The molecule has 0 amide bonds. The molecule has 1 aliphatic heterocycles. The molecule has 1 heterocycles. The van der Waals surface area contributed by atoms with Gasteiger partial charge >= 0.3 is 5.97 Å². The third kappa shape index (κ3) is 3.93. The van der Waals surface area contributed by atoms with Crippen molar-refractivity contribution in [2.45, 2.75) is 31.8 Å². The van der Waals surface area contributed by atoms with Crippen LogP contribution in [0, 0.1) is 5.92 Å². The van der Waals surface area contributed by atoms with Crippen molar-refractivity contribution in [1.82, 2.24) is 4.90 Å². The fraction of sp³-hybridized carbons (Fsp3) is 0.923. The van der Waals surface area contributed by atoms with Gasteiger partial charge in [-0.25, -0.2) is 0 Å². The predicted molar refractivity (Wildman–Crippen MR) is 66.1 cm³/mol. The second-order valence-electron chi connectivity index (χ2n) is 5.02. The Hall–Kier alpha value is -0.650. The van der Waals surface area contributed by atoms with E-state index in [1.807, 2.05) is 0 Å². The van der Waals surface area contributed by atoms with Gasteiger partial charge in [-0.1, -0.05) is 0 Å². The molecule has 0 aromatic rings. The fourth-order valence-electron chi connectivity index (χ4n) is 2.57. The molecule has 5 nitrogen and oxygen atoms in total. The molecule has 2 aliphatic rings. The van der Waals surface area contributed by atoms with Crippen molar-refractivity contribution >= 4 is 5.97 Å². The number of ether oxygens (including phenoxy) is 3. The number of nitrogens with zero attached hydrogens (tertiary/aromatic N) is 1. The minimum absolute atomic E-state index is 0.0679. The van der Waals surface area contributed by atoms with Gasteiger partial charge in [0, 0.05) is 13.1 Å². The molecular weight excluding hydrogens is 234 g/mol. The van der Waals surface area contributed by atoms with Crippen LogP contribution in [0.3, 0.4) is 0 Å². The Kier molecular flexibility index (Phi) is 5.41. The summed E-state index contributed by atoms with van der Waals surface area (Å²) in [5.74, 6) is 0.0138. The molecule has 5 heteroatoms. The Morgan fingerprint density at radius 3 is 2.50 bits per heavy atom. The average Bonchev–Trinajstić information content (AvgIpc) is 2.46. The molecule has 1 aliphatic carbocycles. The summed E-state index contributed by atoms with van der Waals surface area (Å²) < 4.78 is 16.0. The molecule has 1 saturated carbocycles. The largest absolute Gasteiger partial charge is 0.469 e. The van der Waals surface area contributed by atoms with Crippen molar-refractivity contribution in [2.75, 3.05) is 40.1 Å². The number of morpholine rings is 1. The molecule has 0 aromatic heterocycles. The van der Waals surface area contributed by atoms with E-state index in [1.54, 1.807) is 0 Å². The van der Waals surface area contributed by atoms with Crippen LogP contribution in [0.5, 0.6) is 0 Å². The van der Waals surface area contributed by atoms with Crippen molar-refractivity contribution in [3.63, 3.8) is 0 Å². The predicted octanol–water partition coefficient (Wildman–Crippen LogP) is 1.02. The first kappa shape index (κ1) is 13.8. The van der Waals surface area contributed by atoms with Crippen LogP contribution in [0.2, 0.25) is 0 Å². The highest BCUT2D eigenvalue weighted by Crippen LogP contribution is 2.27. The summed E-state index contributed by atoms with van der Waals surface area (Å²) in [6.45, 7) is 4.21. The minimum Gasteiger partial charge on any atom is -0.469 e. The Balaban J connectivity index is 1.62. The summed E-state index contributed by atoms with van der Waals surface area (Å²) in [6.07, 6.45) is 4.00. The van der Waals surface area contributed by atoms with Gasteiger partial charge in [0.05, 0.1) is 39.1 Å². The molecule has 2 fully saturated rings. The van der Waals surface area contributed by atoms with Crippen LogP contribution in [0.1, 0.15) is 25.7 Å². The smallest absolute Gasteiger partial charge is 0.308 e. The second-order valence-corrected chi connectivity index (χ2v) is 5.02. The number of carbonyl (C=O) groups excluding carboxylic acids is 1. The number of carbonyl (C=O) groups is 1. The van der Waals surface area contributed by atoms with Gasteiger partial charge in [-0.05, 0) is 25.7 Å². The topological polar surface area (TPSA) is 48.0 Å². The molecule has 0 aromatic carbocycles. The SMILES string of the molecule is COC(=O)[C@H]1CC[C@H](OCN2CCOCC2)CC1. The lowest BCUT2D eigenvalue weighted by Crippen LogP contribution is -2.39. The highest BCUT2D eigenvalue weighted by Gasteiger charge is 2.27. The Bertz CT molecular complexity index is 258. The summed E-state index contributed by atoms with van der Waals surface area (Å²) in [5, 5.41) is 0. The van der Waals surface area contributed by atoms with Crippen molar-refractivity contribution in [2.24, 2.45) is 5.92 Å². The highest BCUT2D eigenvalue weighted by atomic mass is 16.5. The second kappa shape index (κ2) is 7.07. The van der Waals surface area contributed by atoms with Crippen LogP contribution in [-0.2, 0) is 19.0 Å². The van der Waals surface area contributed by atoms with Gasteiger partial charge in [0.25, 0.3) is 0 Å². The van der Waals surface area contributed by atoms with Crippen molar-refractivity contribution < 1.29 is 19.0 Å². The van der Waals surface area contributed by atoms with Gasteiger partial charge in [0.1, 0.15) is 0 Å². The summed E-state index contributed by atoms with van der Waals surface area (Å²) in [5.41, 5.74) is 0. The standard InChI is InChI=1S/C13H23NO4/c1-16-13(15)11-2-4-12(5-3-11)18-10-14-6-8-17-9-7-14/h11-12H,2-10H2,1H3/t11-,12-. The fourth-order valence-corrected chi connectivity index (χ4v) is 2.57. The summed E-state index contributed by atoms with van der Waals surface area (Å²) in [6, 6.07) is 0. The van der Waals surface area contributed by atoms with Crippen LogP contribution in [0.25, 0.3) is 0 Å². The van der Waals surface area contributed by atoms with E-state index in [1.165, 1.54) is 7.11 Å². The highest BCUT2D eigenvalue weighted by molar-refractivity contribution is 5.72. The minimum atomic E-state index is -0.0679. The van der Waals surface area contributed by atoms with Gasteiger partial charge in [-0.2, -0.15) is 0 Å². The van der Waals surface area contributed by atoms with Gasteiger partial charge < -0.3 is 14.2 Å². The van der Waals surface area contributed by atoms with E-state index in [0.717, 1.165) is 52.0 Å². The first-order valence-corrected chi connectivity index (χ1v) is 6.79. The number of hydrogen-bond donors (Lipinski definition) is 0. The van der Waals surface area contributed by atoms with Gasteiger partial charge in [0.2, 0.25) is 0 Å². The van der Waals surface area contributed by atoms with E-state index in [4.69, 9.17) is 14.2 Å². The molecule has 1 saturated heterocycles. The molecule has 0 unspecified atom stereocenters. The summed E-state index contributed by atoms with van der Waals surface area (Å²) in [7, 11) is 1.46. The van der Waals surface area contributed by atoms with Gasteiger partial charge in [0.15, 0.2) is 0 Å². The Morgan fingerprint density at radius 1 is 1.22 bits per heavy atom. The van der Waals surface area contributed by atoms with Crippen LogP contribution in [-0.4, -0.2) is 57.1 Å². The van der Waals surface area contributed by atoms with E-state index in [0.29, 0.717) is 12.8 Å². The Morgan fingerprint density at radius 2 is 1.89 bits per heavy atom. The molecular formula is C13H23NO4. The van der Waals surface area contributed by atoms with Crippen molar-refractivity contribution in [3.05, 3.63) is 0 Å². The van der Waals surface area contributed by atoms with Crippen LogP contribution in [0.15, 0.2) is 0 Å². The summed E-state index contributed by atoms with van der Waals surface area (Å²) >= 11 is 0. The zero-order chi connectivity index (χ0) is 12.8. The third-order valence-electron chi connectivity index (χ3n) is 3.81. The molecule has 104 valence electrons. The number of hydrogen-bond acceptors (Lipinski definition) is 5.